The van der Waals surface area contributed by atoms with Crippen LogP contribution in [-0.2, 0) is 52.6 Å². The Morgan fingerprint density at radius 1 is 0.886 bits per heavy atom. The number of aliphatic hydroxyl groups excluding tert-OH is 2. The lowest BCUT2D eigenvalue weighted by Crippen LogP contribution is -2.61. The second-order valence-electron chi connectivity index (χ2n) is 20.6. The number of amides is 1. The number of rotatable bonds is 10. The minimum Gasteiger partial charge on any atom is -0.479 e. The van der Waals surface area contributed by atoms with Gasteiger partial charge in [-0.2, -0.15) is 0 Å². The number of allylic oxidation sites excluding steroid dienone is 5. The molecule has 2 bridgehead atoms. The lowest BCUT2D eigenvalue weighted by Gasteiger charge is -2.43. The van der Waals surface area contributed by atoms with Crippen molar-refractivity contribution >= 4 is 29.3 Å². The highest BCUT2D eigenvalue weighted by atomic mass is 17.2. The van der Waals surface area contributed by atoms with Gasteiger partial charge in [0.2, 0.25) is 5.79 Å². The van der Waals surface area contributed by atoms with Crippen LogP contribution in [0.25, 0.3) is 0 Å². The molecule has 4 rings (SSSR count). The number of aliphatic carboxylic acids is 1. The molecule has 70 heavy (non-hydrogen) atoms. The third-order valence-electron chi connectivity index (χ3n) is 15.1. The molecule has 2 saturated heterocycles. The molecule has 17 heteroatoms. The number of hydrogen-bond acceptors (Lipinski definition) is 15. The molecule has 0 aromatic rings. The van der Waals surface area contributed by atoms with Crippen molar-refractivity contribution in [1.29, 1.82) is 5.41 Å². The number of ether oxygens (including phenoxy) is 5. The number of ketones is 1. The number of aliphatic hydroxyl groups is 3. The fourth-order valence-electron chi connectivity index (χ4n) is 10.6. The summed E-state index contributed by atoms with van der Waals surface area (Å²) >= 11 is 0. The number of Topliss-reactive ketones (excluding diaryl/α,β-unsaturated/α-hetero) is 1. The molecule has 396 valence electrons. The maximum atomic E-state index is 14.6. The Morgan fingerprint density at radius 2 is 1.60 bits per heavy atom. The van der Waals surface area contributed by atoms with Gasteiger partial charge < -0.3 is 54.4 Å². The van der Waals surface area contributed by atoms with E-state index in [0.717, 1.165) is 12.0 Å². The Kier molecular flexibility index (Phi) is 23.5. The van der Waals surface area contributed by atoms with E-state index in [1.807, 2.05) is 65.0 Å². The van der Waals surface area contributed by atoms with Crippen molar-refractivity contribution < 1.29 is 73.1 Å². The third-order valence-corrected chi connectivity index (χ3v) is 15.1. The van der Waals surface area contributed by atoms with Gasteiger partial charge in [0, 0.05) is 58.3 Å². The van der Waals surface area contributed by atoms with Crippen molar-refractivity contribution in [2.75, 3.05) is 34.5 Å². The van der Waals surface area contributed by atoms with E-state index >= 15 is 0 Å². The summed E-state index contributed by atoms with van der Waals surface area (Å²) in [5.41, 5.74) is 1.30. The summed E-state index contributed by atoms with van der Waals surface area (Å²) in [5.74, 6) is -8.19. The lowest BCUT2D eigenvalue weighted by atomic mass is 9.78. The Balaban J connectivity index is 1.76. The molecule has 3 aliphatic heterocycles. The summed E-state index contributed by atoms with van der Waals surface area (Å²) in [6.45, 7) is 12.3. The van der Waals surface area contributed by atoms with E-state index in [-0.39, 0.29) is 49.0 Å². The number of methoxy groups -OCH3 is 3. The molecule has 0 aromatic carbocycles. The molecule has 17 nitrogen and oxygen atoms in total. The molecule has 5 N–H and O–H groups in total. The largest absolute Gasteiger partial charge is 0.479 e. The topological polar surface area (TPSA) is 241 Å². The van der Waals surface area contributed by atoms with Crippen molar-refractivity contribution in [2.45, 2.75) is 186 Å². The zero-order chi connectivity index (χ0) is 51.9. The van der Waals surface area contributed by atoms with Crippen LogP contribution in [0.5, 0.6) is 0 Å². The van der Waals surface area contributed by atoms with Gasteiger partial charge in [-0.1, -0.05) is 71.1 Å². The summed E-state index contributed by atoms with van der Waals surface area (Å²) in [7, 11) is 4.69. The molecule has 3 fully saturated rings. The zero-order valence-electron chi connectivity index (χ0n) is 43.3. The maximum absolute atomic E-state index is 14.6. The van der Waals surface area contributed by atoms with Gasteiger partial charge in [0.15, 0.2) is 6.61 Å². The van der Waals surface area contributed by atoms with Crippen molar-refractivity contribution in [1.82, 2.24) is 4.90 Å². The van der Waals surface area contributed by atoms with Gasteiger partial charge in [0.25, 0.3) is 11.7 Å². The first kappa shape index (κ1) is 58.9. The van der Waals surface area contributed by atoms with Gasteiger partial charge in [-0.25, -0.2) is 19.4 Å². The van der Waals surface area contributed by atoms with Gasteiger partial charge in [-0.05, 0) is 113 Å². The average Bonchev–Trinajstić information content (AvgIpc) is 3.33. The first-order valence-electron chi connectivity index (χ1n) is 25.3. The van der Waals surface area contributed by atoms with E-state index in [2.05, 4.69) is 0 Å². The Bertz CT molecular complexity index is 1870. The summed E-state index contributed by atoms with van der Waals surface area (Å²) in [4.78, 5) is 66.5. The molecule has 0 spiro atoms. The predicted molar refractivity (Wildman–Crippen MR) is 261 cm³/mol. The summed E-state index contributed by atoms with van der Waals surface area (Å²) in [5, 5.41) is 52.6. The van der Waals surface area contributed by atoms with Crippen LogP contribution in [-0.4, -0.2) is 150 Å². The fraction of sp³-hybridized carbons (Fsp3) is 0.755. The highest BCUT2D eigenvalue weighted by Gasteiger charge is 2.53. The molecule has 0 radical (unpaired) electrons. The van der Waals surface area contributed by atoms with Gasteiger partial charge in [0.05, 0.1) is 30.5 Å². The highest BCUT2D eigenvalue weighted by molar-refractivity contribution is 6.39. The summed E-state index contributed by atoms with van der Waals surface area (Å²) in [6.07, 6.45) is 11.1. The number of fused-ring (bicyclic) bond motifs is 3. The Morgan fingerprint density at radius 3 is 2.27 bits per heavy atom. The second kappa shape index (κ2) is 28.0. The number of nitrogens with zero attached hydrogens (tertiary/aromatic N) is 1. The van der Waals surface area contributed by atoms with E-state index in [1.165, 1.54) is 12.0 Å². The first-order chi connectivity index (χ1) is 33.1. The van der Waals surface area contributed by atoms with E-state index in [4.69, 9.17) is 38.9 Å². The molecule has 0 unspecified atom stereocenters. The monoisotopic (exact) mass is 989 g/mol. The quantitative estimate of drug-likeness (QED) is 0.0519. The number of piperidine rings is 1. The number of carbonyl (C=O) groups is 4. The summed E-state index contributed by atoms with van der Waals surface area (Å²) < 4.78 is 30.2. The zero-order valence-corrected chi connectivity index (χ0v) is 43.3. The Hall–Kier alpha value is -3.65. The third kappa shape index (κ3) is 16.2. The van der Waals surface area contributed by atoms with Crippen LogP contribution in [0.15, 0.2) is 47.6 Å². The van der Waals surface area contributed by atoms with Crippen molar-refractivity contribution in [3.63, 3.8) is 0 Å². The lowest BCUT2D eigenvalue weighted by molar-refractivity contribution is -0.321. The van der Waals surface area contributed by atoms with E-state index in [9.17, 15) is 39.6 Å². The molecular formula is C53H84N2O15. The van der Waals surface area contributed by atoms with Gasteiger partial charge in [-0.15, -0.1) is 0 Å². The highest BCUT2D eigenvalue weighted by Crippen LogP contribution is 2.38. The minimum absolute atomic E-state index is 0.00252. The average molecular weight is 989 g/mol. The van der Waals surface area contributed by atoms with Gasteiger partial charge >= 0.3 is 11.9 Å². The molecule has 16 atom stereocenters. The van der Waals surface area contributed by atoms with E-state index in [0.29, 0.717) is 63.4 Å². The number of carboxylic acids is 1. The molecule has 3 heterocycles. The van der Waals surface area contributed by atoms with Crippen LogP contribution < -0.4 is 0 Å². The summed E-state index contributed by atoms with van der Waals surface area (Å²) in [6, 6.07) is -1.11. The minimum atomic E-state index is -2.43. The van der Waals surface area contributed by atoms with Crippen LogP contribution in [0.1, 0.15) is 126 Å². The number of nitrogens with one attached hydrogen (secondary N) is 1. The number of hydrogen-bond donors (Lipinski definition) is 5. The smallest absolute Gasteiger partial charge is 0.333 e. The number of carbonyl (C=O) groups excluding carboxylic acids is 3. The number of cyclic esters (lactones) is 1. The molecular weight excluding hydrogens is 905 g/mol. The number of esters is 1. The fourth-order valence-corrected chi connectivity index (χ4v) is 10.6. The Labute approximate surface area is 415 Å². The standard InChI is InChI=1S/C53H84N2O15/c1-31-16-12-11-13-17-32(2)42(64-8)28-39-21-19-37(7)53(63,69-39)50(60)51(61)55-23-15-14-18-40(55)52(62)68-44(34(4)26-38-20-22-41(56)45(27-38)66-10)29-43(65-9)33(3)25-36(6)49(70-67-30-46(57)58)48(59)47(54)35(5)24-31/h11-13,16-17,25,31,33-35,37-45,48-49,54,56,59,63H,14-15,18-24,26-30H2,1-10H3,(H,57,58)/b13-11+,16-12+,32-17+,36-25+,54-47?/t31-,33-,34-,35-,37-,38+,39+,40+,41-,42+,43-,44+,45-,48+,49-,53-/m1/s1. The second-order valence-corrected chi connectivity index (χ2v) is 20.6. The first-order valence-corrected chi connectivity index (χ1v) is 25.3. The van der Waals surface area contributed by atoms with E-state index < -0.39 is 103 Å². The molecule has 1 saturated carbocycles. The number of carboxylic acid groups (broad SMARTS) is 1. The van der Waals surface area contributed by atoms with Crippen molar-refractivity contribution in [3.8, 4) is 0 Å². The molecule has 0 aromatic heterocycles. The molecule has 1 amide bonds. The van der Waals surface area contributed by atoms with E-state index in [1.54, 1.807) is 34.1 Å². The van der Waals surface area contributed by atoms with Crippen molar-refractivity contribution in [2.24, 2.45) is 35.5 Å². The van der Waals surface area contributed by atoms with Gasteiger partial charge in [0.1, 0.15) is 24.4 Å². The maximum Gasteiger partial charge on any atom is 0.333 e. The van der Waals surface area contributed by atoms with Crippen LogP contribution in [0.3, 0.4) is 0 Å². The molecule has 4 aliphatic rings. The normalized spacial score (nSPS) is 39.4. The van der Waals surface area contributed by atoms with Crippen LogP contribution >= 0.6 is 0 Å². The van der Waals surface area contributed by atoms with Crippen LogP contribution in [0.2, 0.25) is 0 Å². The predicted octanol–water partition coefficient (Wildman–Crippen LogP) is 6.46. The van der Waals surface area contributed by atoms with Gasteiger partial charge in [-0.3, -0.25) is 9.59 Å². The SMILES string of the molecule is CO[C@H]1C[C@@H]2CC[C@@H](C)[C@@](O)(O2)C(=O)C(=O)N2CCCC[C@H]2C(=O)O[C@H]([C@H](C)C[C@@H]2CC[C@@H](O)[C@H](OC)C2)C[C@@H](OC)[C@H](C)/C=C(\C)[C@@H](OOCC(=O)O)[C@@H](O)C(=N)[C@H](C)C[C@H](C)/C=C/C=C/C=C/1C. The van der Waals surface area contributed by atoms with Crippen LogP contribution in [0, 0.1) is 40.9 Å². The molecule has 1 aliphatic carbocycles. The van der Waals surface area contributed by atoms with Crippen molar-refractivity contribution in [3.05, 3.63) is 47.6 Å². The van der Waals surface area contributed by atoms with Crippen LogP contribution in [0.4, 0.5) is 0 Å².